The van der Waals surface area contributed by atoms with Crippen molar-refractivity contribution in [2.24, 2.45) is 0 Å². The maximum atomic E-state index is 13.2. The Morgan fingerprint density at radius 2 is 2.31 bits per heavy atom. The van der Waals surface area contributed by atoms with E-state index in [1.54, 1.807) is 12.1 Å². The first-order valence-corrected chi connectivity index (χ1v) is 5.13. The summed E-state index contributed by atoms with van der Waals surface area (Å²) < 4.78 is 18.4. The molecule has 1 heterocycles. The zero-order valence-electron chi connectivity index (χ0n) is 8.63. The zero-order chi connectivity index (χ0) is 11.5. The van der Waals surface area contributed by atoms with E-state index in [0.717, 1.165) is 5.69 Å². The van der Waals surface area contributed by atoms with Crippen LogP contribution in [0.5, 0.6) is 0 Å². The molecule has 5 heteroatoms. The minimum absolute atomic E-state index is 0.0281. The van der Waals surface area contributed by atoms with E-state index in [1.165, 1.54) is 12.3 Å². The van der Waals surface area contributed by atoms with Gasteiger partial charge in [0.1, 0.15) is 12.1 Å². The Labute approximate surface area is 97.3 Å². The van der Waals surface area contributed by atoms with Gasteiger partial charge in [0.2, 0.25) is 5.89 Å². The molecule has 0 bridgehead atoms. The van der Waals surface area contributed by atoms with Crippen molar-refractivity contribution in [3.8, 4) is 11.5 Å². The van der Waals surface area contributed by atoms with Crippen molar-refractivity contribution < 1.29 is 8.81 Å². The van der Waals surface area contributed by atoms with E-state index in [0.29, 0.717) is 18.0 Å². The largest absolute Gasteiger partial charge is 0.444 e. The number of nitrogens with zero attached hydrogens (tertiary/aromatic N) is 1. The normalized spacial score (nSPS) is 10.7. The second-order valence-corrected chi connectivity index (χ2v) is 3.65. The molecule has 2 aromatic rings. The van der Waals surface area contributed by atoms with Crippen molar-refractivity contribution in [3.05, 3.63) is 41.0 Å². The molecule has 16 heavy (non-hydrogen) atoms. The predicted molar refractivity (Wildman–Crippen MR) is 59.7 cm³/mol. The first-order chi connectivity index (χ1) is 7.72. The van der Waals surface area contributed by atoms with Gasteiger partial charge in [0.15, 0.2) is 0 Å². The monoisotopic (exact) mass is 240 g/mol. The molecule has 2 rings (SSSR count). The second kappa shape index (κ2) is 4.63. The van der Waals surface area contributed by atoms with Crippen molar-refractivity contribution in [1.82, 2.24) is 10.3 Å². The molecule has 0 amide bonds. The van der Waals surface area contributed by atoms with Gasteiger partial charge in [-0.25, -0.2) is 9.37 Å². The van der Waals surface area contributed by atoms with Crippen LogP contribution in [0.1, 0.15) is 5.69 Å². The van der Waals surface area contributed by atoms with Gasteiger partial charge in [-0.3, -0.25) is 0 Å². The number of aromatic nitrogens is 1. The molecule has 0 saturated heterocycles. The Bertz CT molecular complexity index is 498. The fraction of sp³-hybridized carbons (Fsp3) is 0.182. The topological polar surface area (TPSA) is 38.1 Å². The third kappa shape index (κ3) is 2.08. The quantitative estimate of drug-likeness (QED) is 0.897. The summed E-state index contributed by atoms with van der Waals surface area (Å²) in [5, 5.41) is 2.97. The van der Waals surface area contributed by atoms with E-state index < -0.39 is 5.82 Å². The summed E-state index contributed by atoms with van der Waals surface area (Å²) >= 11 is 5.82. The number of hydrogen-bond donors (Lipinski definition) is 1. The molecule has 3 nitrogen and oxygen atoms in total. The molecule has 0 radical (unpaired) electrons. The van der Waals surface area contributed by atoms with Gasteiger partial charge in [-0.15, -0.1) is 0 Å². The first-order valence-electron chi connectivity index (χ1n) is 4.75. The lowest BCUT2D eigenvalue weighted by atomic mass is 10.2. The summed E-state index contributed by atoms with van der Waals surface area (Å²) in [7, 11) is 1.81. The summed E-state index contributed by atoms with van der Waals surface area (Å²) in [4.78, 5) is 4.19. The van der Waals surface area contributed by atoms with Crippen LogP contribution < -0.4 is 5.32 Å². The minimum atomic E-state index is -0.479. The molecule has 0 fully saturated rings. The maximum absolute atomic E-state index is 13.2. The van der Waals surface area contributed by atoms with Crippen LogP contribution in [0.15, 0.2) is 28.9 Å². The highest BCUT2D eigenvalue weighted by molar-refractivity contribution is 6.33. The fourth-order valence-electron chi connectivity index (χ4n) is 1.36. The van der Waals surface area contributed by atoms with Crippen molar-refractivity contribution in [1.29, 1.82) is 0 Å². The van der Waals surface area contributed by atoms with Gasteiger partial charge in [-0.2, -0.15) is 0 Å². The average Bonchev–Trinajstić information content (AvgIpc) is 2.71. The second-order valence-electron chi connectivity index (χ2n) is 3.28. The molecule has 0 aliphatic carbocycles. The Morgan fingerprint density at radius 1 is 1.50 bits per heavy atom. The van der Waals surface area contributed by atoms with Crippen LogP contribution in [-0.2, 0) is 6.54 Å². The van der Waals surface area contributed by atoms with Gasteiger partial charge in [-0.05, 0) is 19.2 Å². The third-order valence-corrected chi connectivity index (χ3v) is 2.48. The Morgan fingerprint density at radius 3 is 3.06 bits per heavy atom. The summed E-state index contributed by atoms with van der Waals surface area (Å²) in [5.41, 5.74) is 1.21. The van der Waals surface area contributed by atoms with E-state index in [9.17, 15) is 4.39 Å². The van der Waals surface area contributed by atoms with Crippen LogP contribution in [0.3, 0.4) is 0 Å². The average molecular weight is 241 g/mol. The summed E-state index contributed by atoms with van der Waals surface area (Å²) in [6.45, 7) is 0.594. The highest BCUT2D eigenvalue weighted by atomic mass is 35.5. The molecule has 0 aliphatic rings. The smallest absolute Gasteiger partial charge is 0.227 e. The SMILES string of the molecule is CNCc1coc(-c2cccc(F)c2Cl)n1. The fourth-order valence-corrected chi connectivity index (χ4v) is 1.57. The number of halogens is 2. The third-order valence-electron chi connectivity index (χ3n) is 2.09. The highest BCUT2D eigenvalue weighted by Gasteiger charge is 2.12. The lowest BCUT2D eigenvalue weighted by Crippen LogP contribution is -2.04. The Hall–Kier alpha value is -1.39. The number of rotatable bonds is 3. The van der Waals surface area contributed by atoms with Gasteiger partial charge >= 0.3 is 0 Å². The molecule has 0 unspecified atom stereocenters. The number of oxazole rings is 1. The van der Waals surface area contributed by atoms with Gasteiger partial charge in [0.25, 0.3) is 0 Å². The molecule has 0 saturated carbocycles. The number of benzene rings is 1. The van der Waals surface area contributed by atoms with Gasteiger partial charge in [0, 0.05) is 6.54 Å². The van der Waals surface area contributed by atoms with E-state index in [1.807, 2.05) is 7.05 Å². The van der Waals surface area contributed by atoms with Crippen LogP contribution in [0, 0.1) is 5.82 Å². The number of hydrogen-bond acceptors (Lipinski definition) is 3. The van der Waals surface area contributed by atoms with E-state index >= 15 is 0 Å². The molecule has 1 N–H and O–H groups in total. The van der Waals surface area contributed by atoms with Crippen molar-refractivity contribution in [3.63, 3.8) is 0 Å². The Balaban J connectivity index is 2.39. The summed E-state index contributed by atoms with van der Waals surface area (Å²) in [6, 6.07) is 4.53. The molecule has 1 aromatic heterocycles. The molecule has 1 aromatic carbocycles. The molecule has 0 spiro atoms. The van der Waals surface area contributed by atoms with Gasteiger partial charge in [0.05, 0.1) is 16.3 Å². The number of nitrogens with one attached hydrogen (secondary N) is 1. The predicted octanol–water partition coefficient (Wildman–Crippen LogP) is 2.85. The minimum Gasteiger partial charge on any atom is -0.444 e. The first kappa shape index (κ1) is 11.1. The lowest BCUT2D eigenvalue weighted by Gasteiger charge is -1.99. The van der Waals surface area contributed by atoms with Gasteiger partial charge in [-0.1, -0.05) is 17.7 Å². The maximum Gasteiger partial charge on any atom is 0.227 e. The summed E-state index contributed by atoms with van der Waals surface area (Å²) in [5.74, 6) is -0.151. The zero-order valence-corrected chi connectivity index (χ0v) is 9.38. The van der Waals surface area contributed by atoms with E-state index in [2.05, 4.69) is 10.3 Å². The molecular formula is C11H10ClFN2O. The molecule has 0 aliphatic heterocycles. The van der Waals surface area contributed by atoms with Crippen molar-refractivity contribution in [2.75, 3.05) is 7.05 Å². The van der Waals surface area contributed by atoms with E-state index in [-0.39, 0.29) is 5.02 Å². The van der Waals surface area contributed by atoms with Crippen LogP contribution >= 0.6 is 11.6 Å². The standard InChI is InChI=1S/C11H10ClFN2O/c1-14-5-7-6-16-11(15-7)8-3-2-4-9(13)10(8)12/h2-4,6,14H,5H2,1H3. The van der Waals surface area contributed by atoms with Crippen LogP contribution in [0.4, 0.5) is 4.39 Å². The van der Waals surface area contributed by atoms with Crippen LogP contribution in [0.25, 0.3) is 11.5 Å². The molecule has 0 atom stereocenters. The van der Waals surface area contributed by atoms with Crippen molar-refractivity contribution >= 4 is 11.6 Å². The Kier molecular flexibility index (Phi) is 3.22. The van der Waals surface area contributed by atoms with Crippen molar-refractivity contribution in [2.45, 2.75) is 6.54 Å². The highest BCUT2D eigenvalue weighted by Crippen LogP contribution is 2.29. The summed E-state index contributed by atoms with van der Waals surface area (Å²) in [6.07, 6.45) is 1.52. The van der Waals surface area contributed by atoms with Crippen LogP contribution in [0.2, 0.25) is 5.02 Å². The van der Waals surface area contributed by atoms with Crippen LogP contribution in [-0.4, -0.2) is 12.0 Å². The van der Waals surface area contributed by atoms with E-state index in [4.69, 9.17) is 16.0 Å². The molecular weight excluding hydrogens is 231 g/mol. The lowest BCUT2D eigenvalue weighted by molar-refractivity contribution is 0.569. The molecule has 84 valence electrons. The van der Waals surface area contributed by atoms with Gasteiger partial charge < -0.3 is 9.73 Å².